The zero-order chi connectivity index (χ0) is 13.4. The Labute approximate surface area is 112 Å². The van der Waals surface area contributed by atoms with Crippen LogP contribution in [0.4, 0.5) is 0 Å². The summed E-state index contributed by atoms with van der Waals surface area (Å²) in [4.78, 5) is 2.32. The van der Waals surface area contributed by atoms with Gasteiger partial charge in [-0.15, -0.1) is 0 Å². The predicted octanol–water partition coefficient (Wildman–Crippen LogP) is 1.95. The lowest BCUT2D eigenvalue weighted by Crippen LogP contribution is -2.27. The van der Waals surface area contributed by atoms with Crippen molar-refractivity contribution in [3.05, 3.63) is 41.1 Å². The number of hydrogen-bond donors (Lipinski definition) is 0. The van der Waals surface area contributed by atoms with Gasteiger partial charge in [0.25, 0.3) is 0 Å². The highest BCUT2D eigenvalue weighted by atomic mass is 15.3. The molecule has 2 heterocycles. The third-order valence-electron chi connectivity index (χ3n) is 3.72. The summed E-state index contributed by atoms with van der Waals surface area (Å²) in [6, 6.07) is 9.81. The van der Waals surface area contributed by atoms with E-state index in [-0.39, 0.29) is 0 Å². The average Bonchev–Trinajstić information content (AvgIpc) is 2.75. The molecule has 0 aliphatic carbocycles. The van der Waals surface area contributed by atoms with E-state index < -0.39 is 0 Å². The molecule has 0 fully saturated rings. The smallest absolute Gasteiger partial charge is 0.0991 e. The largest absolute Gasteiger partial charge is 0.302 e. The number of nitrogens with zero attached hydrogens (tertiary/aromatic N) is 4. The third kappa shape index (κ3) is 2.02. The third-order valence-corrected chi connectivity index (χ3v) is 3.72. The van der Waals surface area contributed by atoms with Crippen LogP contribution in [0.15, 0.2) is 24.3 Å². The van der Waals surface area contributed by atoms with Gasteiger partial charge in [0.2, 0.25) is 0 Å². The van der Waals surface area contributed by atoms with Crippen LogP contribution < -0.4 is 0 Å². The van der Waals surface area contributed by atoms with Crippen LogP contribution in [0.5, 0.6) is 0 Å². The summed E-state index contributed by atoms with van der Waals surface area (Å²) in [6.45, 7) is 2.03. The van der Waals surface area contributed by atoms with E-state index in [9.17, 15) is 0 Å². The maximum atomic E-state index is 8.85. The fourth-order valence-electron chi connectivity index (χ4n) is 2.66. The Kier molecular flexibility index (Phi) is 2.84. The fourth-order valence-corrected chi connectivity index (χ4v) is 2.66. The van der Waals surface area contributed by atoms with E-state index in [1.54, 1.807) is 0 Å². The molecule has 1 aliphatic rings. The molecule has 2 aromatic rings. The normalized spacial score (nSPS) is 15.0. The van der Waals surface area contributed by atoms with Gasteiger partial charge in [-0.1, -0.05) is 12.1 Å². The molecule has 3 rings (SSSR count). The Hall–Kier alpha value is -2.12. The molecule has 0 radical (unpaired) electrons. The first-order valence-electron chi connectivity index (χ1n) is 6.43. The van der Waals surface area contributed by atoms with Crippen molar-refractivity contribution in [2.75, 3.05) is 13.6 Å². The molecule has 96 valence electrons. The van der Waals surface area contributed by atoms with Crippen molar-refractivity contribution in [1.29, 1.82) is 5.26 Å². The number of likely N-dealkylation sites (N-methyl/N-ethyl adjacent to an activating group) is 1. The lowest BCUT2D eigenvalue weighted by molar-refractivity contribution is 0.309. The number of benzene rings is 1. The van der Waals surface area contributed by atoms with E-state index in [0.717, 1.165) is 30.8 Å². The lowest BCUT2D eigenvalue weighted by atomic mass is 10.0. The van der Waals surface area contributed by atoms with Crippen molar-refractivity contribution in [1.82, 2.24) is 14.7 Å². The first-order valence-corrected chi connectivity index (χ1v) is 6.43. The summed E-state index contributed by atoms with van der Waals surface area (Å²) in [5.41, 5.74) is 5.48. The fraction of sp³-hybridized carbons (Fsp3) is 0.333. The minimum atomic E-state index is 0.686. The summed E-state index contributed by atoms with van der Waals surface area (Å²) in [6.07, 6.45) is 1.05. The van der Waals surface area contributed by atoms with Gasteiger partial charge in [-0.25, -0.2) is 0 Å². The minimum absolute atomic E-state index is 0.686. The molecule has 0 atom stereocenters. The Morgan fingerprint density at radius 2 is 1.95 bits per heavy atom. The second-order valence-corrected chi connectivity index (χ2v) is 5.07. The number of aryl methyl sites for hydroxylation is 1. The van der Waals surface area contributed by atoms with E-state index in [4.69, 9.17) is 5.26 Å². The van der Waals surface area contributed by atoms with E-state index in [1.165, 1.54) is 11.3 Å². The summed E-state index contributed by atoms with van der Waals surface area (Å²) in [5.74, 6) is 0. The van der Waals surface area contributed by atoms with Crippen molar-refractivity contribution < 1.29 is 0 Å². The maximum Gasteiger partial charge on any atom is 0.0991 e. The van der Waals surface area contributed by atoms with Gasteiger partial charge in [-0.05, 0) is 19.2 Å². The SMILES string of the molecule is CN1CCc2c(c(-c3ccc(C#N)cc3)nn2C)C1. The first-order chi connectivity index (χ1) is 9.19. The molecular weight excluding hydrogens is 236 g/mol. The Morgan fingerprint density at radius 1 is 1.21 bits per heavy atom. The Morgan fingerprint density at radius 3 is 2.63 bits per heavy atom. The van der Waals surface area contributed by atoms with E-state index in [1.807, 2.05) is 36.0 Å². The zero-order valence-electron chi connectivity index (χ0n) is 11.2. The predicted molar refractivity (Wildman–Crippen MR) is 73.4 cm³/mol. The van der Waals surface area contributed by atoms with Crippen LogP contribution in [-0.2, 0) is 20.0 Å². The van der Waals surface area contributed by atoms with Crippen molar-refractivity contribution >= 4 is 0 Å². The first kappa shape index (κ1) is 11.9. The summed E-state index contributed by atoms with van der Waals surface area (Å²) in [7, 11) is 4.15. The van der Waals surface area contributed by atoms with Crippen LogP contribution in [-0.4, -0.2) is 28.3 Å². The monoisotopic (exact) mass is 252 g/mol. The van der Waals surface area contributed by atoms with Crippen molar-refractivity contribution in [3.8, 4) is 17.3 Å². The highest BCUT2D eigenvalue weighted by Gasteiger charge is 2.22. The molecule has 19 heavy (non-hydrogen) atoms. The molecule has 0 spiro atoms. The highest BCUT2D eigenvalue weighted by Crippen LogP contribution is 2.29. The second kappa shape index (κ2) is 4.52. The van der Waals surface area contributed by atoms with Crippen molar-refractivity contribution in [2.45, 2.75) is 13.0 Å². The zero-order valence-corrected chi connectivity index (χ0v) is 11.2. The van der Waals surface area contributed by atoms with Gasteiger partial charge < -0.3 is 4.90 Å². The average molecular weight is 252 g/mol. The van der Waals surface area contributed by atoms with E-state index >= 15 is 0 Å². The number of aromatic nitrogens is 2. The van der Waals surface area contributed by atoms with Crippen LogP contribution >= 0.6 is 0 Å². The molecule has 1 aromatic carbocycles. The van der Waals surface area contributed by atoms with Gasteiger partial charge in [0.1, 0.15) is 0 Å². The summed E-state index contributed by atoms with van der Waals surface area (Å²) >= 11 is 0. The lowest BCUT2D eigenvalue weighted by Gasteiger charge is -2.23. The maximum absolute atomic E-state index is 8.85. The number of nitriles is 1. The van der Waals surface area contributed by atoms with Crippen molar-refractivity contribution in [2.24, 2.45) is 7.05 Å². The van der Waals surface area contributed by atoms with Gasteiger partial charge in [-0.3, -0.25) is 4.68 Å². The molecule has 0 amide bonds. The molecule has 0 N–H and O–H groups in total. The topological polar surface area (TPSA) is 44.9 Å². The molecule has 0 saturated carbocycles. The van der Waals surface area contributed by atoms with Crippen LogP contribution in [0.1, 0.15) is 16.8 Å². The number of hydrogen-bond acceptors (Lipinski definition) is 3. The molecule has 1 aromatic heterocycles. The Bertz CT molecular complexity index is 646. The quantitative estimate of drug-likeness (QED) is 0.779. The van der Waals surface area contributed by atoms with Crippen LogP contribution in [0, 0.1) is 11.3 Å². The molecule has 0 bridgehead atoms. The van der Waals surface area contributed by atoms with Crippen LogP contribution in [0.3, 0.4) is 0 Å². The van der Waals surface area contributed by atoms with E-state index in [0.29, 0.717) is 5.56 Å². The van der Waals surface area contributed by atoms with Crippen LogP contribution in [0.25, 0.3) is 11.3 Å². The summed E-state index contributed by atoms with van der Waals surface area (Å²) in [5, 5.41) is 13.5. The van der Waals surface area contributed by atoms with Crippen molar-refractivity contribution in [3.63, 3.8) is 0 Å². The number of fused-ring (bicyclic) bond motifs is 1. The molecule has 0 saturated heterocycles. The standard InChI is InChI=1S/C15H16N4/c1-18-8-7-14-13(10-18)15(17-19(14)2)12-5-3-11(9-16)4-6-12/h3-6H,7-8,10H2,1-2H3. The Balaban J connectivity index is 2.07. The van der Waals surface area contributed by atoms with Gasteiger partial charge >= 0.3 is 0 Å². The van der Waals surface area contributed by atoms with Gasteiger partial charge in [0.05, 0.1) is 17.3 Å². The van der Waals surface area contributed by atoms with Gasteiger partial charge in [0, 0.05) is 43.4 Å². The van der Waals surface area contributed by atoms with Gasteiger partial charge in [0.15, 0.2) is 0 Å². The number of rotatable bonds is 1. The second-order valence-electron chi connectivity index (χ2n) is 5.07. The summed E-state index contributed by atoms with van der Waals surface area (Å²) < 4.78 is 2.00. The highest BCUT2D eigenvalue weighted by molar-refractivity contribution is 5.65. The van der Waals surface area contributed by atoms with Crippen LogP contribution in [0.2, 0.25) is 0 Å². The molecule has 1 aliphatic heterocycles. The van der Waals surface area contributed by atoms with Gasteiger partial charge in [-0.2, -0.15) is 10.4 Å². The van der Waals surface area contributed by atoms with E-state index in [2.05, 4.69) is 23.1 Å². The molecule has 0 unspecified atom stereocenters. The molecular formula is C15H16N4. The molecule has 4 nitrogen and oxygen atoms in total. The molecule has 4 heteroatoms. The minimum Gasteiger partial charge on any atom is -0.302 e.